The third-order valence-electron chi connectivity index (χ3n) is 5.74. The third-order valence-corrected chi connectivity index (χ3v) is 6.13. The molecule has 0 aliphatic rings. The van der Waals surface area contributed by atoms with E-state index in [9.17, 15) is 9.59 Å². The summed E-state index contributed by atoms with van der Waals surface area (Å²) in [7, 11) is 0. The topological polar surface area (TPSA) is 34.1 Å². The van der Waals surface area contributed by atoms with Crippen LogP contribution in [0.5, 0.6) is 0 Å². The summed E-state index contributed by atoms with van der Waals surface area (Å²) >= 11 is 6.93. The summed E-state index contributed by atoms with van der Waals surface area (Å²) in [6.07, 6.45) is 0. The summed E-state index contributed by atoms with van der Waals surface area (Å²) in [6, 6.07) is 35.2. The highest BCUT2D eigenvalue weighted by Gasteiger charge is 2.28. The summed E-state index contributed by atoms with van der Waals surface area (Å²) in [5.74, 6) is -0.364. The highest BCUT2D eigenvalue weighted by Crippen LogP contribution is 2.41. The molecule has 0 N–H and O–H groups in total. The molecule has 3 heteroatoms. The molecule has 0 radical (unpaired) electrons. The molecule has 0 aliphatic heterocycles. The largest absolute Gasteiger partial charge is 0.289 e. The van der Waals surface area contributed by atoms with Gasteiger partial charge < -0.3 is 0 Å². The van der Waals surface area contributed by atoms with Crippen molar-refractivity contribution in [3.63, 3.8) is 0 Å². The summed E-state index contributed by atoms with van der Waals surface area (Å²) < 4.78 is 0. The molecule has 0 fully saturated rings. The zero-order valence-corrected chi connectivity index (χ0v) is 18.4. The van der Waals surface area contributed by atoms with Gasteiger partial charge in [0, 0.05) is 27.6 Å². The second-order valence-electron chi connectivity index (χ2n) is 7.74. The third kappa shape index (κ3) is 3.75. The van der Waals surface area contributed by atoms with Crippen LogP contribution in [0.4, 0.5) is 0 Å². The molecule has 0 saturated carbocycles. The Hall–Kier alpha value is -4.01. The van der Waals surface area contributed by atoms with Crippen LogP contribution in [0.3, 0.4) is 0 Å². The van der Waals surface area contributed by atoms with Crippen molar-refractivity contribution in [1.29, 1.82) is 0 Å². The van der Waals surface area contributed by atoms with Crippen LogP contribution >= 0.6 is 11.6 Å². The van der Waals surface area contributed by atoms with Crippen molar-refractivity contribution >= 4 is 33.9 Å². The SMILES string of the molecule is O=C(c1ccccc1)c1c(-c2ccccc2)c(C(=O)c2ccccc2)c2ccccc2c1Cl. The van der Waals surface area contributed by atoms with Gasteiger partial charge in [-0.15, -0.1) is 0 Å². The predicted octanol–water partition coefficient (Wildman–Crippen LogP) is 7.62. The lowest BCUT2D eigenvalue weighted by atomic mass is 9.83. The minimum Gasteiger partial charge on any atom is -0.289 e. The van der Waals surface area contributed by atoms with Crippen LogP contribution in [0.2, 0.25) is 5.02 Å². The molecule has 0 heterocycles. The van der Waals surface area contributed by atoms with Crippen molar-refractivity contribution in [1.82, 2.24) is 0 Å². The molecule has 0 aromatic heterocycles. The van der Waals surface area contributed by atoms with Gasteiger partial charge >= 0.3 is 0 Å². The number of rotatable bonds is 5. The summed E-state index contributed by atoms with van der Waals surface area (Å²) in [6.45, 7) is 0. The smallest absolute Gasteiger partial charge is 0.195 e. The van der Waals surface area contributed by atoms with E-state index >= 15 is 0 Å². The first-order valence-electron chi connectivity index (χ1n) is 10.7. The standard InChI is InChI=1S/C30H19ClO2/c31-28-24-19-11-10-18-23(24)26(29(32)21-14-6-2-7-15-21)25(20-12-4-1-5-13-20)27(28)30(33)22-16-8-3-9-17-22/h1-19H. The number of fused-ring (bicyclic) bond motifs is 1. The van der Waals surface area contributed by atoms with Crippen LogP contribution < -0.4 is 0 Å². The number of halogens is 1. The average Bonchev–Trinajstić information content (AvgIpc) is 2.89. The zero-order valence-electron chi connectivity index (χ0n) is 17.7. The second kappa shape index (κ2) is 8.85. The van der Waals surface area contributed by atoms with E-state index in [2.05, 4.69) is 0 Å². The highest BCUT2D eigenvalue weighted by molar-refractivity contribution is 6.42. The molecule has 0 saturated heterocycles. The fourth-order valence-corrected chi connectivity index (χ4v) is 4.55. The molecular formula is C30H19ClO2. The number of benzene rings is 5. The van der Waals surface area contributed by atoms with Gasteiger partial charge in [-0.05, 0) is 10.9 Å². The monoisotopic (exact) mass is 446 g/mol. The van der Waals surface area contributed by atoms with Crippen molar-refractivity contribution in [2.24, 2.45) is 0 Å². The minimum atomic E-state index is -0.215. The molecule has 0 aliphatic carbocycles. The van der Waals surface area contributed by atoms with Crippen LogP contribution in [0.1, 0.15) is 31.8 Å². The predicted molar refractivity (Wildman–Crippen MR) is 134 cm³/mol. The van der Waals surface area contributed by atoms with E-state index in [4.69, 9.17) is 11.6 Å². The van der Waals surface area contributed by atoms with Gasteiger partial charge in [0.1, 0.15) is 0 Å². The van der Waals surface area contributed by atoms with E-state index < -0.39 is 0 Å². The van der Waals surface area contributed by atoms with Crippen molar-refractivity contribution in [2.45, 2.75) is 0 Å². The first-order chi connectivity index (χ1) is 16.2. The number of carbonyl (C=O) groups excluding carboxylic acids is 2. The Kier molecular flexibility index (Phi) is 5.60. The molecular weight excluding hydrogens is 428 g/mol. The number of carbonyl (C=O) groups is 2. The maximum absolute atomic E-state index is 13.9. The first kappa shape index (κ1) is 20.9. The van der Waals surface area contributed by atoms with Gasteiger partial charge in [0.05, 0.1) is 10.6 Å². The van der Waals surface area contributed by atoms with Crippen molar-refractivity contribution < 1.29 is 9.59 Å². The Bertz CT molecular complexity index is 1470. The van der Waals surface area contributed by atoms with Gasteiger partial charge in [-0.25, -0.2) is 0 Å². The molecule has 0 atom stereocenters. The van der Waals surface area contributed by atoms with E-state index in [1.807, 2.05) is 91.0 Å². The van der Waals surface area contributed by atoms with E-state index in [0.717, 1.165) is 10.9 Å². The van der Waals surface area contributed by atoms with E-state index in [-0.39, 0.29) is 11.6 Å². The number of ketones is 2. The van der Waals surface area contributed by atoms with Gasteiger partial charge in [0.2, 0.25) is 0 Å². The lowest BCUT2D eigenvalue weighted by Gasteiger charge is -2.19. The number of hydrogen-bond donors (Lipinski definition) is 0. The van der Waals surface area contributed by atoms with Gasteiger partial charge in [0.15, 0.2) is 11.6 Å². The average molecular weight is 447 g/mol. The lowest BCUT2D eigenvalue weighted by molar-refractivity contribution is 0.103. The van der Waals surface area contributed by atoms with Crippen molar-refractivity contribution in [3.8, 4) is 11.1 Å². The Balaban J connectivity index is 1.93. The molecule has 0 unspecified atom stereocenters. The fourth-order valence-electron chi connectivity index (χ4n) is 4.21. The van der Waals surface area contributed by atoms with E-state index in [1.165, 1.54) is 0 Å². The van der Waals surface area contributed by atoms with Crippen molar-refractivity contribution in [2.75, 3.05) is 0 Å². The Labute approximate surface area is 197 Å². The maximum Gasteiger partial charge on any atom is 0.195 e. The highest BCUT2D eigenvalue weighted by atomic mass is 35.5. The summed E-state index contributed by atoms with van der Waals surface area (Å²) in [4.78, 5) is 27.7. The minimum absolute atomic E-state index is 0.149. The van der Waals surface area contributed by atoms with Crippen LogP contribution in [0.25, 0.3) is 21.9 Å². The molecule has 0 spiro atoms. The molecule has 33 heavy (non-hydrogen) atoms. The fraction of sp³-hybridized carbons (Fsp3) is 0. The molecule has 158 valence electrons. The molecule has 2 nitrogen and oxygen atoms in total. The molecule has 5 aromatic carbocycles. The molecule has 5 aromatic rings. The first-order valence-corrected chi connectivity index (χ1v) is 11.0. The van der Waals surface area contributed by atoms with Gasteiger partial charge in [0.25, 0.3) is 0 Å². The van der Waals surface area contributed by atoms with Gasteiger partial charge in [-0.3, -0.25) is 9.59 Å². The summed E-state index contributed by atoms with van der Waals surface area (Å²) in [5.41, 5.74) is 3.22. The van der Waals surface area contributed by atoms with E-state index in [1.54, 1.807) is 24.3 Å². The van der Waals surface area contributed by atoms with Gasteiger partial charge in [-0.2, -0.15) is 0 Å². The number of hydrogen-bond acceptors (Lipinski definition) is 2. The molecule has 0 amide bonds. The maximum atomic E-state index is 13.9. The van der Waals surface area contributed by atoms with Crippen LogP contribution in [0, 0.1) is 0 Å². The zero-order chi connectivity index (χ0) is 22.8. The van der Waals surface area contributed by atoms with E-state index in [0.29, 0.717) is 38.2 Å². The Morgan fingerprint density at radius 1 is 0.485 bits per heavy atom. The summed E-state index contributed by atoms with van der Waals surface area (Å²) in [5, 5.41) is 1.75. The van der Waals surface area contributed by atoms with Gasteiger partial charge in [-0.1, -0.05) is 127 Å². The lowest BCUT2D eigenvalue weighted by Crippen LogP contribution is -2.12. The quantitative estimate of drug-likeness (QED) is 0.260. The molecule has 0 bridgehead atoms. The Morgan fingerprint density at radius 3 is 1.45 bits per heavy atom. The van der Waals surface area contributed by atoms with Crippen LogP contribution in [0.15, 0.2) is 115 Å². The van der Waals surface area contributed by atoms with Crippen molar-refractivity contribution in [3.05, 3.63) is 143 Å². The Morgan fingerprint density at radius 2 is 0.909 bits per heavy atom. The normalized spacial score (nSPS) is 10.8. The second-order valence-corrected chi connectivity index (χ2v) is 8.12. The van der Waals surface area contributed by atoms with Crippen LogP contribution in [-0.2, 0) is 0 Å². The van der Waals surface area contributed by atoms with Crippen LogP contribution in [-0.4, -0.2) is 11.6 Å². The molecule has 5 rings (SSSR count).